The minimum atomic E-state index is -0.398. The molecule has 0 aliphatic carbocycles. The number of rotatable bonds is 2. The van der Waals surface area contributed by atoms with Crippen molar-refractivity contribution in [3.63, 3.8) is 0 Å². The summed E-state index contributed by atoms with van der Waals surface area (Å²) in [4.78, 5) is 3.95. The molecule has 0 amide bonds. The normalized spacial score (nSPS) is 10.6. The van der Waals surface area contributed by atoms with Crippen LogP contribution in [0.1, 0.15) is 5.56 Å². The molecule has 0 fully saturated rings. The molecule has 0 N–H and O–H groups in total. The largest absolute Gasteiger partial charge is 0.247 e. The van der Waals surface area contributed by atoms with Crippen molar-refractivity contribution >= 4 is 34.2 Å². The molecule has 0 spiro atoms. The van der Waals surface area contributed by atoms with Gasteiger partial charge < -0.3 is 0 Å². The number of hydrogen-bond acceptors (Lipinski definition) is 2. The fourth-order valence-corrected chi connectivity index (χ4v) is 1.79. The molecule has 15 heavy (non-hydrogen) atoms. The molecule has 0 bridgehead atoms. The van der Waals surface area contributed by atoms with Gasteiger partial charge in [0.1, 0.15) is 12.1 Å². The lowest BCUT2D eigenvalue weighted by molar-refractivity contribution is 0.584. The van der Waals surface area contributed by atoms with Gasteiger partial charge in [-0.1, -0.05) is 23.7 Å². The molecular weight excluding hydrogens is 331 g/mol. The van der Waals surface area contributed by atoms with Gasteiger partial charge in [0.05, 0.1) is 11.6 Å². The third-order valence-corrected chi connectivity index (χ3v) is 2.66. The van der Waals surface area contributed by atoms with E-state index in [4.69, 9.17) is 11.6 Å². The van der Waals surface area contributed by atoms with Crippen molar-refractivity contribution in [1.29, 1.82) is 0 Å². The van der Waals surface area contributed by atoms with Gasteiger partial charge in [0.2, 0.25) is 3.83 Å². The Morgan fingerprint density at radius 1 is 1.47 bits per heavy atom. The predicted octanol–water partition coefficient (Wildman–Crippen LogP) is 2.72. The van der Waals surface area contributed by atoms with Crippen LogP contribution in [0.5, 0.6) is 0 Å². The van der Waals surface area contributed by atoms with Crippen molar-refractivity contribution in [3.8, 4) is 0 Å². The zero-order chi connectivity index (χ0) is 10.8. The van der Waals surface area contributed by atoms with Gasteiger partial charge in [-0.15, -0.1) is 5.10 Å². The predicted molar refractivity (Wildman–Crippen MR) is 63.3 cm³/mol. The highest BCUT2D eigenvalue weighted by molar-refractivity contribution is 14.1. The molecule has 1 aromatic carbocycles. The molecule has 6 heteroatoms. The maximum atomic E-state index is 13.5. The van der Waals surface area contributed by atoms with Gasteiger partial charge in [0.25, 0.3) is 0 Å². The first kappa shape index (κ1) is 10.8. The SMILES string of the molecule is Fc1c(Cl)cccc1Cn1cnc(I)n1. The van der Waals surface area contributed by atoms with E-state index in [1.54, 1.807) is 23.1 Å². The van der Waals surface area contributed by atoms with Crippen molar-refractivity contribution in [3.05, 3.63) is 44.8 Å². The maximum Gasteiger partial charge on any atom is 0.211 e. The van der Waals surface area contributed by atoms with Gasteiger partial charge in [-0.25, -0.2) is 14.1 Å². The van der Waals surface area contributed by atoms with Crippen molar-refractivity contribution in [2.75, 3.05) is 0 Å². The standard InChI is InChI=1S/C9H6ClFIN3/c10-7-3-1-2-6(8(7)11)4-15-5-13-9(12)14-15/h1-3,5H,4H2. The first-order chi connectivity index (χ1) is 7.16. The Morgan fingerprint density at radius 2 is 2.27 bits per heavy atom. The van der Waals surface area contributed by atoms with Crippen LogP contribution >= 0.6 is 34.2 Å². The zero-order valence-electron chi connectivity index (χ0n) is 7.49. The van der Waals surface area contributed by atoms with Gasteiger partial charge in [-0.05, 0) is 6.07 Å². The Kier molecular flexibility index (Phi) is 3.20. The Hall–Kier alpha value is -0.690. The molecule has 1 heterocycles. The molecular formula is C9H6ClFIN3. The quantitative estimate of drug-likeness (QED) is 0.789. The summed E-state index contributed by atoms with van der Waals surface area (Å²) in [6.07, 6.45) is 1.56. The second kappa shape index (κ2) is 4.44. The van der Waals surface area contributed by atoms with E-state index in [0.717, 1.165) is 0 Å². The molecule has 0 atom stereocenters. The lowest BCUT2D eigenvalue weighted by Crippen LogP contribution is -2.02. The third-order valence-electron chi connectivity index (χ3n) is 1.87. The highest BCUT2D eigenvalue weighted by Crippen LogP contribution is 2.18. The van der Waals surface area contributed by atoms with E-state index in [0.29, 0.717) is 15.9 Å². The van der Waals surface area contributed by atoms with Crippen LogP contribution in [0.25, 0.3) is 0 Å². The molecule has 2 rings (SSSR count). The van der Waals surface area contributed by atoms with Crippen molar-refractivity contribution in [1.82, 2.24) is 14.8 Å². The summed E-state index contributed by atoms with van der Waals surface area (Å²) in [5.41, 5.74) is 0.504. The summed E-state index contributed by atoms with van der Waals surface area (Å²) in [5, 5.41) is 4.19. The molecule has 78 valence electrons. The van der Waals surface area contributed by atoms with E-state index in [2.05, 4.69) is 10.1 Å². The Morgan fingerprint density at radius 3 is 2.93 bits per heavy atom. The second-order valence-corrected chi connectivity index (χ2v) is 4.30. The van der Waals surface area contributed by atoms with Crippen molar-refractivity contribution < 1.29 is 4.39 Å². The molecule has 2 aromatic rings. The monoisotopic (exact) mass is 337 g/mol. The van der Waals surface area contributed by atoms with Crippen LogP contribution in [-0.4, -0.2) is 14.8 Å². The lowest BCUT2D eigenvalue weighted by Gasteiger charge is -2.03. The molecule has 0 aliphatic rings. The van der Waals surface area contributed by atoms with Gasteiger partial charge in [0, 0.05) is 28.2 Å². The van der Waals surface area contributed by atoms with Crippen LogP contribution in [0.3, 0.4) is 0 Å². The summed E-state index contributed by atoms with van der Waals surface area (Å²) in [6, 6.07) is 4.91. The first-order valence-electron chi connectivity index (χ1n) is 4.14. The molecule has 0 saturated heterocycles. The number of benzene rings is 1. The summed E-state index contributed by atoms with van der Waals surface area (Å²) in [7, 11) is 0. The van der Waals surface area contributed by atoms with E-state index in [9.17, 15) is 4.39 Å². The van der Waals surface area contributed by atoms with Crippen LogP contribution < -0.4 is 0 Å². The molecule has 1 aromatic heterocycles. The average molecular weight is 338 g/mol. The van der Waals surface area contributed by atoms with Gasteiger partial charge in [-0.2, -0.15) is 0 Å². The van der Waals surface area contributed by atoms with E-state index < -0.39 is 5.82 Å². The minimum Gasteiger partial charge on any atom is -0.247 e. The molecule has 3 nitrogen and oxygen atoms in total. The smallest absolute Gasteiger partial charge is 0.211 e. The maximum absolute atomic E-state index is 13.5. The number of aromatic nitrogens is 3. The second-order valence-electron chi connectivity index (χ2n) is 2.92. The van der Waals surface area contributed by atoms with Gasteiger partial charge in [0.15, 0.2) is 0 Å². The Labute approximate surface area is 104 Å². The third kappa shape index (κ3) is 2.46. The van der Waals surface area contributed by atoms with Gasteiger partial charge >= 0.3 is 0 Å². The van der Waals surface area contributed by atoms with E-state index in [-0.39, 0.29) is 5.02 Å². The summed E-state index contributed by atoms with van der Waals surface area (Å²) < 4.78 is 15.7. The highest BCUT2D eigenvalue weighted by Gasteiger charge is 2.07. The van der Waals surface area contributed by atoms with Crippen LogP contribution in [0.4, 0.5) is 4.39 Å². The van der Waals surface area contributed by atoms with E-state index >= 15 is 0 Å². The minimum absolute atomic E-state index is 0.127. The molecule has 0 radical (unpaired) electrons. The van der Waals surface area contributed by atoms with Crippen LogP contribution in [-0.2, 0) is 6.54 Å². The van der Waals surface area contributed by atoms with E-state index in [1.165, 1.54) is 6.07 Å². The summed E-state index contributed by atoms with van der Waals surface area (Å²) in [6.45, 7) is 0.336. The Balaban J connectivity index is 2.28. The average Bonchev–Trinajstić information content (AvgIpc) is 2.59. The summed E-state index contributed by atoms with van der Waals surface area (Å²) >= 11 is 7.66. The summed E-state index contributed by atoms with van der Waals surface area (Å²) in [5.74, 6) is -0.398. The van der Waals surface area contributed by atoms with Crippen molar-refractivity contribution in [2.45, 2.75) is 6.54 Å². The van der Waals surface area contributed by atoms with Gasteiger partial charge in [-0.3, -0.25) is 0 Å². The number of hydrogen-bond donors (Lipinski definition) is 0. The molecule has 0 aliphatic heterocycles. The number of halogens is 3. The zero-order valence-corrected chi connectivity index (χ0v) is 10.4. The number of nitrogens with zero attached hydrogens (tertiary/aromatic N) is 3. The highest BCUT2D eigenvalue weighted by atomic mass is 127. The van der Waals surface area contributed by atoms with Crippen LogP contribution in [0.2, 0.25) is 5.02 Å². The first-order valence-corrected chi connectivity index (χ1v) is 5.60. The van der Waals surface area contributed by atoms with E-state index in [1.807, 2.05) is 22.6 Å². The fraction of sp³-hybridized carbons (Fsp3) is 0.111. The van der Waals surface area contributed by atoms with Crippen molar-refractivity contribution in [2.24, 2.45) is 0 Å². The fourth-order valence-electron chi connectivity index (χ4n) is 1.19. The molecule has 0 saturated carbocycles. The van der Waals surface area contributed by atoms with Crippen LogP contribution in [0.15, 0.2) is 24.5 Å². The van der Waals surface area contributed by atoms with Crippen LogP contribution in [0, 0.1) is 9.65 Å². The lowest BCUT2D eigenvalue weighted by atomic mass is 10.2. The Bertz CT molecular complexity index is 486. The molecule has 0 unspecified atom stereocenters. The topological polar surface area (TPSA) is 30.7 Å².